The highest BCUT2D eigenvalue weighted by molar-refractivity contribution is 4.95. The Kier molecular flexibility index (Phi) is 11.8. The number of hydrogen-bond donors (Lipinski definition) is 0. The summed E-state index contributed by atoms with van der Waals surface area (Å²) < 4.78 is 5.45. The van der Waals surface area contributed by atoms with Gasteiger partial charge in [0.2, 0.25) is 0 Å². The lowest BCUT2D eigenvalue weighted by atomic mass is 9.99. The van der Waals surface area contributed by atoms with Crippen LogP contribution in [0.4, 0.5) is 0 Å². The zero-order valence-corrected chi connectivity index (χ0v) is 12.5. The van der Waals surface area contributed by atoms with Crippen molar-refractivity contribution in [1.29, 1.82) is 0 Å². The van der Waals surface area contributed by atoms with Gasteiger partial charge in [0.1, 0.15) is 0 Å². The quantitative estimate of drug-likeness (QED) is 0.262. The van der Waals surface area contributed by atoms with Crippen molar-refractivity contribution < 1.29 is 4.74 Å². The van der Waals surface area contributed by atoms with Gasteiger partial charge >= 0.3 is 0 Å². The molecule has 0 aliphatic carbocycles. The Morgan fingerprint density at radius 2 is 2.06 bits per heavy atom. The van der Waals surface area contributed by atoms with E-state index in [1.54, 1.807) is 0 Å². The van der Waals surface area contributed by atoms with Crippen LogP contribution in [-0.4, -0.2) is 6.61 Å². The van der Waals surface area contributed by atoms with Crippen LogP contribution in [-0.2, 0) is 4.74 Å². The first-order chi connectivity index (χ1) is 8.70. The Morgan fingerprint density at radius 1 is 1.28 bits per heavy atom. The van der Waals surface area contributed by atoms with Crippen molar-refractivity contribution in [1.82, 2.24) is 0 Å². The van der Waals surface area contributed by atoms with Crippen LogP contribution >= 0.6 is 0 Å². The number of ether oxygens (including phenoxy) is 1. The first-order valence-corrected chi connectivity index (χ1v) is 7.23. The van der Waals surface area contributed by atoms with Crippen molar-refractivity contribution in [2.45, 2.75) is 59.3 Å². The minimum atomic E-state index is 0.566. The van der Waals surface area contributed by atoms with Crippen molar-refractivity contribution >= 4 is 0 Å². The highest BCUT2D eigenvalue weighted by atomic mass is 16.5. The van der Waals surface area contributed by atoms with Gasteiger partial charge in [0.05, 0.1) is 12.9 Å². The van der Waals surface area contributed by atoms with Gasteiger partial charge in [-0.3, -0.25) is 0 Å². The smallest absolute Gasteiger partial charge is 0.0873 e. The summed E-state index contributed by atoms with van der Waals surface area (Å²) in [6, 6.07) is 0. The lowest BCUT2D eigenvalue weighted by molar-refractivity contribution is 0.240. The van der Waals surface area contributed by atoms with E-state index in [4.69, 9.17) is 4.74 Å². The third-order valence-electron chi connectivity index (χ3n) is 2.92. The molecule has 104 valence electrons. The maximum absolute atomic E-state index is 5.45. The predicted octanol–water partition coefficient (Wildman–Crippen LogP) is 5.65. The fraction of sp³-hybridized carbons (Fsp3) is 0.647. The molecule has 0 aliphatic heterocycles. The van der Waals surface area contributed by atoms with E-state index in [1.807, 2.05) is 6.26 Å². The van der Waals surface area contributed by atoms with E-state index >= 15 is 0 Å². The molecule has 0 fully saturated rings. The standard InChI is InChI=1S/C17H30O/c1-5-7-8-14-18-15-10-13-17(6-2)12-9-11-16(3)4/h6,10-11,15,17H,2,5,7-9,12-14H2,1,3-4H3/b15-10+. The molecule has 1 atom stereocenters. The van der Waals surface area contributed by atoms with Crippen molar-refractivity contribution in [3.63, 3.8) is 0 Å². The molecule has 0 saturated heterocycles. The van der Waals surface area contributed by atoms with Crippen LogP contribution in [0, 0.1) is 5.92 Å². The maximum Gasteiger partial charge on any atom is 0.0873 e. The number of rotatable bonds is 11. The van der Waals surface area contributed by atoms with Crippen molar-refractivity contribution in [2.75, 3.05) is 6.61 Å². The van der Waals surface area contributed by atoms with E-state index in [1.165, 1.54) is 24.8 Å². The SMILES string of the molecule is C=CC(C/C=C/OCCCCC)CCC=C(C)C. The number of unbranched alkanes of at least 4 members (excludes halogenated alkanes) is 2. The highest BCUT2D eigenvalue weighted by Crippen LogP contribution is 2.14. The minimum absolute atomic E-state index is 0.566. The predicted molar refractivity (Wildman–Crippen MR) is 81.6 cm³/mol. The van der Waals surface area contributed by atoms with Gasteiger partial charge in [-0.2, -0.15) is 0 Å². The zero-order chi connectivity index (χ0) is 13.6. The topological polar surface area (TPSA) is 9.23 Å². The summed E-state index contributed by atoms with van der Waals surface area (Å²) >= 11 is 0. The van der Waals surface area contributed by atoms with Gasteiger partial charge in [-0.1, -0.05) is 37.5 Å². The minimum Gasteiger partial charge on any atom is -0.502 e. The molecule has 0 radical (unpaired) electrons. The van der Waals surface area contributed by atoms with Crippen molar-refractivity contribution in [2.24, 2.45) is 5.92 Å². The third-order valence-corrected chi connectivity index (χ3v) is 2.92. The van der Waals surface area contributed by atoms with E-state index in [-0.39, 0.29) is 0 Å². The van der Waals surface area contributed by atoms with Gasteiger partial charge in [-0.05, 0) is 51.5 Å². The van der Waals surface area contributed by atoms with Crippen LogP contribution in [0.2, 0.25) is 0 Å². The Balaban J connectivity index is 3.63. The lowest BCUT2D eigenvalue weighted by Crippen LogP contribution is -1.94. The van der Waals surface area contributed by atoms with Crippen LogP contribution < -0.4 is 0 Å². The van der Waals surface area contributed by atoms with Crippen molar-refractivity contribution in [3.05, 3.63) is 36.6 Å². The van der Waals surface area contributed by atoms with E-state index in [2.05, 4.69) is 45.6 Å². The molecule has 0 heterocycles. The normalized spacial score (nSPS) is 12.4. The molecular formula is C17H30O. The third kappa shape index (κ3) is 11.5. The first kappa shape index (κ1) is 17.0. The van der Waals surface area contributed by atoms with Gasteiger partial charge in [-0.15, -0.1) is 6.58 Å². The number of allylic oxidation sites excluding steroid dienone is 4. The number of hydrogen-bond acceptors (Lipinski definition) is 1. The van der Waals surface area contributed by atoms with Crippen LogP contribution in [0.15, 0.2) is 36.6 Å². The van der Waals surface area contributed by atoms with Gasteiger partial charge in [0.15, 0.2) is 0 Å². The molecule has 1 unspecified atom stereocenters. The fourth-order valence-corrected chi connectivity index (χ4v) is 1.72. The molecule has 0 amide bonds. The zero-order valence-electron chi connectivity index (χ0n) is 12.5. The molecule has 1 heteroatoms. The molecule has 0 aromatic heterocycles. The van der Waals surface area contributed by atoms with Gasteiger partial charge < -0.3 is 4.74 Å². The lowest BCUT2D eigenvalue weighted by Gasteiger charge is -2.08. The largest absolute Gasteiger partial charge is 0.502 e. The van der Waals surface area contributed by atoms with Gasteiger partial charge in [0.25, 0.3) is 0 Å². The second-order valence-corrected chi connectivity index (χ2v) is 5.04. The summed E-state index contributed by atoms with van der Waals surface area (Å²) in [7, 11) is 0. The van der Waals surface area contributed by atoms with E-state index in [0.717, 1.165) is 25.9 Å². The van der Waals surface area contributed by atoms with Crippen LogP contribution in [0.5, 0.6) is 0 Å². The van der Waals surface area contributed by atoms with E-state index in [9.17, 15) is 0 Å². The molecule has 0 rings (SSSR count). The van der Waals surface area contributed by atoms with Gasteiger partial charge in [-0.25, -0.2) is 0 Å². The summed E-state index contributed by atoms with van der Waals surface area (Å²) in [4.78, 5) is 0. The van der Waals surface area contributed by atoms with E-state index < -0.39 is 0 Å². The Labute approximate surface area is 114 Å². The molecule has 0 aliphatic rings. The van der Waals surface area contributed by atoms with Crippen LogP contribution in [0.1, 0.15) is 59.3 Å². The summed E-state index contributed by atoms with van der Waals surface area (Å²) in [5, 5.41) is 0. The Hall–Kier alpha value is -0.980. The molecular weight excluding hydrogens is 220 g/mol. The average molecular weight is 250 g/mol. The molecule has 0 saturated carbocycles. The fourth-order valence-electron chi connectivity index (χ4n) is 1.72. The molecule has 0 aromatic carbocycles. The second kappa shape index (κ2) is 12.5. The molecule has 18 heavy (non-hydrogen) atoms. The molecule has 0 aromatic rings. The first-order valence-electron chi connectivity index (χ1n) is 7.23. The average Bonchev–Trinajstić information content (AvgIpc) is 2.35. The Bertz CT molecular complexity index is 246. The van der Waals surface area contributed by atoms with Gasteiger partial charge in [0, 0.05) is 0 Å². The summed E-state index contributed by atoms with van der Waals surface area (Å²) in [5.41, 5.74) is 1.40. The summed E-state index contributed by atoms with van der Waals surface area (Å²) in [6.45, 7) is 11.2. The summed E-state index contributed by atoms with van der Waals surface area (Å²) in [6.07, 6.45) is 15.3. The second-order valence-electron chi connectivity index (χ2n) is 5.04. The molecule has 1 nitrogen and oxygen atoms in total. The maximum atomic E-state index is 5.45. The molecule has 0 spiro atoms. The van der Waals surface area contributed by atoms with Crippen LogP contribution in [0.25, 0.3) is 0 Å². The molecule has 0 bridgehead atoms. The van der Waals surface area contributed by atoms with E-state index in [0.29, 0.717) is 5.92 Å². The highest BCUT2D eigenvalue weighted by Gasteiger charge is 2.00. The van der Waals surface area contributed by atoms with Crippen LogP contribution in [0.3, 0.4) is 0 Å². The monoisotopic (exact) mass is 250 g/mol. The van der Waals surface area contributed by atoms with Crippen molar-refractivity contribution in [3.8, 4) is 0 Å². The molecule has 0 N–H and O–H groups in total. The summed E-state index contributed by atoms with van der Waals surface area (Å²) in [5.74, 6) is 0.566. The Morgan fingerprint density at radius 3 is 2.67 bits per heavy atom.